The average Bonchev–Trinajstić information content (AvgIpc) is 2.78. The van der Waals surface area contributed by atoms with Gasteiger partial charge in [0.15, 0.2) is 5.82 Å². The van der Waals surface area contributed by atoms with Gasteiger partial charge < -0.3 is 4.52 Å². The number of allylic oxidation sites excluding steroid dienone is 2. The number of rotatable bonds is 5. The molecule has 1 heterocycles. The highest BCUT2D eigenvalue weighted by atomic mass is 79.9. The number of aryl methyl sites for hydroxylation is 1. The molecule has 10 heteroatoms. The monoisotopic (exact) mass is 389 g/mol. The number of hydrogen-bond donors (Lipinski definition) is 1. The Morgan fingerprint density at radius 3 is 2.77 bits per heavy atom. The molecule has 118 valence electrons. The van der Waals surface area contributed by atoms with Gasteiger partial charge in [-0.15, -0.1) is 6.58 Å². The molecule has 1 aromatic heterocycles. The summed E-state index contributed by atoms with van der Waals surface area (Å²) in [6.45, 7) is 5.04. The van der Waals surface area contributed by atoms with Crippen LogP contribution in [-0.2, 0) is 10.0 Å². The first-order valence-corrected chi connectivity index (χ1v) is 8.31. The molecule has 22 heavy (non-hydrogen) atoms. The number of nitrogens with zero attached hydrogens (tertiary/aromatic N) is 2. The molecule has 0 bridgehead atoms. The van der Waals surface area contributed by atoms with Crippen molar-refractivity contribution in [3.63, 3.8) is 0 Å². The zero-order chi connectivity index (χ0) is 16.5. The van der Waals surface area contributed by atoms with Crippen molar-refractivity contribution in [1.29, 1.82) is 0 Å². The minimum absolute atomic E-state index is 0.149. The van der Waals surface area contributed by atoms with Crippen LogP contribution < -0.4 is 4.72 Å². The van der Waals surface area contributed by atoms with Gasteiger partial charge >= 0.3 is 14.9 Å². The van der Waals surface area contributed by atoms with Crippen LogP contribution in [-0.4, -0.2) is 23.4 Å². The van der Waals surface area contributed by atoms with Crippen LogP contribution in [0.15, 0.2) is 46.0 Å². The highest BCUT2D eigenvalue weighted by Gasteiger charge is 2.59. The molecule has 2 unspecified atom stereocenters. The molecule has 1 N–H and O–H groups in total. The molecule has 0 saturated carbocycles. The summed E-state index contributed by atoms with van der Waals surface area (Å²) in [5.41, 5.74) is 0. The predicted octanol–water partition coefficient (Wildman–Crippen LogP) is 2.39. The zero-order valence-corrected chi connectivity index (χ0v) is 13.8. The van der Waals surface area contributed by atoms with Gasteiger partial charge in [-0.3, -0.25) is 14.8 Å². The van der Waals surface area contributed by atoms with Gasteiger partial charge in [0, 0.05) is 11.0 Å². The Labute approximate surface area is 134 Å². The van der Waals surface area contributed by atoms with Crippen molar-refractivity contribution in [1.82, 2.24) is 5.16 Å². The third kappa shape index (κ3) is 2.37. The lowest BCUT2D eigenvalue weighted by atomic mass is 9.95. The number of sulfonamides is 1. The van der Waals surface area contributed by atoms with E-state index in [0.717, 1.165) is 6.08 Å². The molecule has 1 aliphatic carbocycles. The SMILES string of the molecule is C=CC1C=CC=CC1([N+](=O)[O-])S(=O)(=O)Nc1noc(C)c1Br. The lowest BCUT2D eigenvalue weighted by molar-refractivity contribution is -0.532. The molecule has 0 spiro atoms. The Hall–Kier alpha value is -1.94. The van der Waals surface area contributed by atoms with Gasteiger partial charge in [0.05, 0.1) is 5.92 Å². The first kappa shape index (κ1) is 16.4. The Bertz CT molecular complexity index is 783. The Balaban J connectivity index is 2.54. The summed E-state index contributed by atoms with van der Waals surface area (Å²) in [5, 5.41) is 15.1. The summed E-state index contributed by atoms with van der Waals surface area (Å²) >= 11 is 3.11. The van der Waals surface area contributed by atoms with Gasteiger partial charge in [-0.05, 0) is 22.9 Å². The molecule has 0 radical (unpaired) electrons. The molecule has 0 amide bonds. The number of nitrogens with one attached hydrogen (secondary N) is 1. The van der Waals surface area contributed by atoms with Crippen molar-refractivity contribution in [3.8, 4) is 0 Å². The lowest BCUT2D eigenvalue weighted by Crippen LogP contribution is -2.53. The van der Waals surface area contributed by atoms with E-state index >= 15 is 0 Å². The van der Waals surface area contributed by atoms with Crippen LogP contribution in [0.1, 0.15) is 5.76 Å². The van der Waals surface area contributed by atoms with Gasteiger partial charge in [0.1, 0.15) is 10.2 Å². The van der Waals surface area contributed by atoms with Gasteiger partial charge in [-0.25, -0.2) is 0 Å². The summed E-state index contributed by atoms with van der Waals surface area (Å²) in [5.74, 6) is -0.839. The fraction of sp³-hybridized carbons (Fsp3) is 0.250. The molecule has 1 aromatic rings. The molecule has 0 fully saturated rings. The van der Waals surface area contributed by atoms with Crippen molar-refractivity contribution in [2.45, 2.75) is 11.8 Å². The van der Waals surface area contributed by atoms with Gasteiger partial charge in [0.25, 0.3) is 0 Å². The normalized spacial score (nSPS) is 24.2. The summed E-state index contributed by atoms with van der Waals surface area (Å²) < 4.78 is 32.5. The van der Waals surface area contributed by atoms with E-state index in [4.69, 9.17) is 4.52 Å². The maximum Gasteiger partial charge on any atom is 0.364 e. The van der Waals surface area contributed by atoms with Crippen LogP contribution in [0.25, 0.3) is 0 Å². The minimum atomic E-state index is -4.48. The number of nitro groups is 1. The Kier molecular flexibility index (Phi) is 4.25. The average molecular weight is 390 g/mol. The van der Waals surface area contributed by atoms with Crippen molar-refractivity contribution in [2.24, 2.45) is 5.92 Å². The maximum atomic E-state index is 12.7. The second kappa shape index (κ2) is 5.69. The first-order chi connectivity index (χ1) is 10.3. The second-order valence-corrected chi connectivity index (χ2v) is 7.18. The van der Waals surface area contributed by atoms with Crippen molar-refractivity contribution in [2.75, 3.05) is 4.72 Å². The topological polar surface area (TPSA) is 115 Å². The van der Waals surface area contributed by atoms with E-state index < -0.39 is 25.7 Å². The highest BCUT2D eigenvalue weighted by Crippen LogP contribution is 2.36. The van der Waals surface area contributed by atoms with Crippen LogP contribution >= 0.6 is 15.9 Å². The van der Waals surface area contributed by atoms with Gasteiger partial charge in [0.2, 0.25) is 0 Å². The summed E-state index contributed by atoms with van der Waals surface area (Å²) in [6, 6.07) is 0. The smallest absolute Gasteiger partial charge is 0.358 e. The first-order valence-electron chi connectivity index (χ1n) is 6.03. The van der Waals surface area contributed by atoms with Crippen LogP contribution in [0.4, 0.5) is 5.82 Å². The van der Waals surface area contributed by atoms with E-state index in [9.17, 15) is 18.5 Å². The molecule has 1 aliphatic rings. The van der Waals surface area contributed by atoms with E-state index in [1.54, 1.807) is 6.92 Å². The predicted molar refractivity (Wildman–Crippen MR) is 83.2 cm³/mol. The summed E-state index contributed by atoms with van der Waals surface area (Å²) in [4.78, 5) is 8.30. The van der Waals surface area contributed by atoms with Crippen molar-refractivity contribution >= 4 is 31.8 Å². The van der Waals surface area contributed by atoms with E-state index in [-0.39, 0.29) is 10.3 Å². The lowest BCUT2D eigenvalue weighted by Gasteiger charge is -2.27. The molecule has 0 saturated heterocycles. The highest BCUT2D eigenvalue weighted by molar-refractivity contribution is 9.10. The standard InChI is InChI=1S/C12H12BrN3O5S/c1-3-9-6-4-5-7-12(9,16(17)18)22(19,20)15-11-10(13)8(2)21-14-11/h3-7,9H,1H2,2H3,(H,14,15). The zero-order valence-electron chi connectivity index (χ0n) is 11.4. The van der Waals surface area contributed by atoms with Gasteiger partial charge in [-0.1, -0.05) is 29.5 Å². The van der Waals surface area contributed by atoms with Crippen LogP contribution in [0.2, 0.25) is 0 Å². The van der Waals surface area contributed by atoms with Crippen LogP contribution in [0.5, 0.6) is 0 Å². The molecular weight excluding hydrogens is 378 g/mol. The third-order valence-corrected chi connectivity index (χ3v) is 6.05. The minimum Gasteiger partial charge on any atom is -0.358 e. The number of anilines is 1. The van der Waals surface area contributed by atoms with Crippen LogP contribution in [0, 0.1) is 23.0 Å². The third-order valence-electron chi connectivity index (χ3n) is 3.23. The molecular formula is C12H12BrN3O5S. The quantitative estimate of drug-likeness (QED) is 0.469. The molecule has 0 aromatic carbocycles. The number of aromatic nitrogens is 1. The van der Waals surface area contributed by atoms with E-state index in [1.165, 1.54) is 24.3 Å². The Morgan fingerprint density at radius 1 is 1.59 bits per heavy atom. The molecule has 0 aliphatic heterocycles. The second-order valence-electron chi connectivity index (χ2n) is 4.52. The van der Waals surface area contributed by atoms with E-state index in [1.807, 2.05) is 0 Å². The summed E-state index contributed by atoms with van der Waals surface area (Å²) in [7, 11) is -4.48. The van der Waals surface area contributed by atoms with Gasteiger partial charge in [-0.2, -0.15) is 8.42 Å². The van der Waals surface area contributed by atoms with E-state index in [2.05, 4.69) is 32.4 Å². The maximum absolute atomic E-state index is 12.7. The summed E-state index contributed by atoms with van der Waals surface area (Å²) in [6.07, 6.45) is 6.47. The molecule has 8 nitrogen and oxygen atoms in total. The fourth-order valence-electron chi connectivity index (χ4n) is 2.06. The van der Waals surface area contributed by atoms with Crippen molar-refractivity contribution in [3.05, 3.63) is 57.3 Å². The molecule has 2 rings (SSSR count). The molecule has 2 atom stereocenters. The van der Waals surface area contributed by atoms with E-state index in [0.29, 0.717) is 5.76 Å². The van der Waals surface area contributed by atoms with Crippen molar-refractivity contribution < 1.29 is 17.9 Å². The number of halogens is 1. The Morgan fingerprint density at radius 2 is 2.27 bits per heavy atom. The van der Waals surface area contributed by atoms with Crippen LogP contribution in [0.3, 0.4) is 0 Å². The number of hydrogen-bond acceptors (Lipinski definition) is 6. The largest absolute Gasteiger partial charge is 0.364 e. The fourth-order valence-corrected chi connectivity index (χ4v) is 3.98.